The number of rotatable bonds is 13. The number of benzene rings is 4. The molecule has 4 aromatic carbocycles. The van der Waals surface area contributed by atoms with Crippen molar-refractivity contribution >= 4 is 57.4 Å². The molecule has 75 heavy (non-hydrogen) atoms. The number of halogens is 1. The van der Waals surface area contributed by atoms with Crippen molar-refractivity contribution in [1.29, 1.82) is 0 Å². The molecular weight excluding hydrogens is 960 g/mol. The summed E-state index contributed by atoms with van der Waals surface area (Å²) in [4.78, 5) is 59.4. The number of aryl methyl sites for hydroxylation is 2. The van der Waals surface area contributed by atoms with Gasteiger partial charge in [0, 0.05) is 148 Å². The number of nitrogens with one attached hydrogen (secondary N) is 3. The van der Waals surface area contributed by atoms with E-state index in [1.165, 1.54) is 11.1 Å². The summed E-state index contributed by atoms with van der Waals surface area (Å²) in [6, 6.07) is 38.3. The Morgan fingerprint density at radius 3 is 1.49 bits per heavy atom. The topological polar surface area (TPSA) is 187 Å². The van der Waals surface area contributed by atoms with Crippen molar-refractivity contribution in [3.05, 3.63) is 192 Å². The van der Waals surface area contributed by atoms with Crippen LogP contribution in [0.3, 0.4) is 0 Å². The van der Waals surface area contributed by atoms with Gasteiger partial charge in [-0.2, -0.15) is 0 Å². The smallest absolute Gasteiger partial charge is 0.255 e. The van der Waals surface area contributed by atoms with E-state index in [0.29, 0.717) is 34.4 Å². The van der Waals surface area contributed by atoms with E-state index in [4.69, 9.17) is 17.3 Å². The molecule has 2 aliphatic rings. The third-order valence-electron chi connectivity index (χ3n) is 12.9. The molecule has 6 heterocycles. The second-order valence-electron chi connectivity index (χ2n) is 18.6. The van der Waals surface area contributed by atoms with Crippen LogP contribution in [0, 0.1) is 13.8 Å². The highest BCUT2D eigenvalue weighted by Gasteiger charge is 2.16. The van der Waals surface area contributed by atoms with Crippen molar-refractivity contribution in [3.63, 3.8) is 0 Å². The number of nitrogen functional groups attached to an aromatic ring is 1. The van der Waals surface area contributed by atoms with Crippen molar-refractivity contribution in [2.45, 2.75) is 26.9 Å². The first-order valence-corrected chi connectivity index (χ1v) is 25.3. The van der Waals surface area contributed by atoms with Crippen LogP contribution in [0.5, 0.6) is 0 Å². The molecule has 0 aliphatic carbocycles. The number of piperazine rings is 2. The zero-order valence-corrected chi connectivity index (χ0v) is 43.6. The Morgan fingerprint density at radius 2 is 1.03 bits per heavy atom. The standard InChI is InChI=1S/C29H31N7O.C16H15N5.C13H17ClN2O/c1-21-5-10-25(18-27(21)34-29-31-13-11-26(33-29)24-4-3-12-30-19-24)32-28(37)23-8-6-22(7-9-23)20-36-16-14-35(2)15-17-36;1-11-4-5-13(17)9-15(11)21-16-19-8-6-14(20-16)12-3-2-7-18-10-12;1-15-6-8-16(9-7-15)10-11-2-4-12(5-3-11)13(14)17/h3-13,18-19H,14-17,20H2,1-2H3,(H,32,37)(H,31,33,34);2-10H,17H2,1H3,(H,19,20,21);2-5H,6-10H2,1H3. The number of aromatic nitrogens is 6. The van der Waals surface area contributed by atoms with Gasteiger partial charge in [-0.1, -0.05) is 36.4 Å². The van der Waals surface area contributed by atoms with Crippen molar-refractivity contribution in [2.24, 2.45) is 0 Å². The summed E-state index contributed by atoms with van der Waals surface area (Å²) in [5, 5.41) is 9.10. The van der Waals surface area contributed by atoms with Crippen LogP contribution in [0.25, 0.3) is 22.5 Å². The molecule has 384 valence electrons. The van der Waals surface area contributed by atoms with Crippen LogP contribution in [-0.2, 0) is 13.1 Å². The number of nitrogens with zero attached hydrogens (tertiary/aromatic N) is 10. The average molecular weight is 1020 g/mol. The minimum absolute atomic E-state index is 0.143. The normalized spacial score (nSPS) is 14.1. The molecule has 0 radical (unpaired) electrons. The van der Waals surface area contributed by atoms with Crippen molar-refractivity contribution in [1.82, 2.24) is 49.5 Å². The molecule has 0 atom stereocenters. The molecule has 0 spiro atoms. The van der Waals surface area contributed by atoms with Gasteiger partial charge < -0.3 is 31.5 Å². The van der Waals surface area contributed by atoms with Gasteiger partial charge in [0.25, 0.3) is 11.1 Å². The maximum Gasteiger partial charge on any atom is 0.255 e. The number of likely N-dealkylation sites (N-methyl/N-ethyl adjacent to an activating group) is 2. The zero-order chi connectivity index (χ0) is 52.5. The zero-order valence-electron chi connectivity index (χ0n) is 42.8. The summed E-state index contributed by atoms with van der Waals surface area (Å²) in [6.07, 6.45) is 10.4. The molecule has 16 nitrogen and oxygen atoms in total. The number of hydrogen-bond acceptors (Lipinski definition) is 15. The second-order valence-corrected chi connectivity index (χ2v) is 19.0. The van der Waals surface area contributed by atoms with Gasteiger partial charge >= 0.3 is 0 Å². The number of anilines is 6. The number of amides is 1. The van der Waals surface area contributed by atoms with E-state index in [1.807, 2.05) is 123 Å². The number of pyridine rings is 2. The summed E-state index contributed by atoms with van der Waals surface area (Å²) in [6.45, 7) is 14.6. The van der Waals surface area contributed by atoms with E-state index < -0.39 is 5.24 Å². The number of hydrogen-bond donors (Lipinski definition) is 4. The van der Waals surface area contributed by atoms with Crippen LogP contribution in [0.15, 0.2) is 159 Å². The lowest BCUT2D eigenvalue weighted by molar-refractivity contribution is 0.102. The molecule has 1 amide bonds. The Hall–Kier alpha value is -7.99. The molecular formula is C58H63ClN14O2. The van der Waals surface area contributed by atoms with E-state index in [0.717, 1.165) is 110 Å². The molecule has 0 bridgehead atoms. The van der Waals surface area contributed by atoms with E-state index in [9.17, 15) is 9.59 Å². The maximum atomic E-state index is 12.9. The molecule has 2 fully saturated rings. The predicted molar refractivity (Wildman–Crippen MR) is 300 cm³/mol. The summed E-state index contributed by atoms with van der Waals surface area (Å²) in [7, 11) is 4.31. The van der Waals surface area contributed by atoms with Gasteiger partial charge in [0.2, 0.25) is 11.9 Å². The van der Waals surface area contributed by atoms with Gasteiger partial charge in [0.1, 0.15) is 0 Å². The first kappa shape index (κ1) is 53.3. The Labute approximate surface area is 444 Å². The monoisotopic (exact) mass is 1020 g/mol. The van der Waals surface area contributed by atoms with Crippen LogP contribution in [0.2, 0.25) is 0 Å². The maximum absolute atomic E-state index is 12.9. The molecule has 2 aliphatic heterocycles. The van der Waals surface area contributed by atoms with E-state index >= 15 is 0 Å². The second kappa shape index (κ2) is 26.3. The van der Waals surface area contributed by atoms with Gasteiger partial charge in [0.15, 0.2) is 0 Å². The highest BCUT2D eigenvalue weighted by atomic mass is 35.5. The molecule has 17 heteroatoms. The lowest BCUT2D eigenvalue weighted by Crippen LogP contribution is -2.43. The molecule has 5 N–H and O–H groups in total. The minimum Gasteiger partial charge on any atom is -0.399 e. The fraction of sp³-hybridized carbons (Fsp3) is 0.241. The van der Waals surface area contributed by atoms with Gasteiger partial charge in [-0.25, -0.2) is 19.9 Å². The lowest BCUT2D eigenvalue weighted by atomic mass is 10.1. The summed E-state index contributed by atoms with van der Waals surface area (Å²) in [5.74, 6) is 0.865. The molecule has 0 unspecified atom stereocenters. The largest absolute Gasteiger partial charge is 0.399 e. The van der Waals surface area contributed by atoms with Crippen molar-refractivity contribution in [3.8, 4) is 22.5 Å². The Balaban J connectivity index is 0.000000165. The van der Waals surface area contributed by atoms with Crippen LogP contribution in [0.1, 0.15) is 43.0 Å². The van der Waals surface area contributed by atoms with E-state index in [1.54, 1.807) is 49.3 Å². The number of carbonyl (C=O) groups is 2. The van der Waals surface area contributed by atoms with Gasteiger partial charge in [-0.3, -0.25) is 29.4 Å². The molecule has 0 saturated carbocycles. The minimum atomic E-state index is -0.392. The lowest BCUT2D eigenvalue weighted by Gasteiger charge is -2.32. The number of carbonyl (C=O) groups excluding carboxylic acids is 2. The predicted octanol–water partition coefficient (Wildman–Crippen LogP) is 9.58. The molecule has 8 aromatic rings. The van der Waals surface area contributed by atoms with Crippen molar-refractivity contribution < 1.29 is 9.59 Å². The highest BCUT2D eigenvalue weighted by Crippen LogP contribution is 2.26. The Kier molecular flexibility index (Phi) is 18.7. The van der Waals surface area contributed by atoms with Crippen LogP contribution in [-0.4, -0.2) is 127 Å². The van der Waals surface area contributed by atoms with E-state index in [-0.39, 0.29) is 5.91 Å². The SMILES string of the molecule is CN1CCN(Cc2ccc(C(=O)Cl)cc2)CC1.Cc1ccc(N)cc1Nc1nccc(-c2cccnc2)n1.Cc1ccc(NC(=O)c2ccc(CN3CCN(C)CC3)cc2)cc1Nc1nccc(-c2cccnc2)n1. The number of nitrogens with two attached hydrogens (primary N) is 1. The molecule has 4 aromatic heterocycles. The third-order valence-corrected chi connectivity index (χ3v) is 13.1. The average Bonchev–Trinajstić information content (AvgIpc) is 3.43. The first-order chi connectivity index (χ1) is 36.4. The molecule has 10 rings (SSSR count). The van der Waals surface area contributed by atoms with Gasteiger partial charge in [0.05, 0.1) is 11.4 Å². The summed E-state index contributed by atoms with van der Waals surface area (Å²) in [5.41, 5.74) is 18.1. The van der Waals surface area contributed by atoms with Crippen LogP contribution >= 0.6 is 11.6 Å². The molecule has 2 saturated heterocycles. The Bertz CT molecular complexity index is 3110. The summed E-state index contributed by atoms with van der Waals surface area (Å²) < 4.78 is 0. The summed E-state index contributed by atoms with van der Waals surface area (Å²) >= 11 is 5.41. The van der Waals surface area contributed by atoms with Gasteiger partial charge in [-0.15, -0.1) is 0 Å². The van der Waals surface area contributed by atoms with Crippen LogP contribution < -0.4 is 21.7 Å². The highest BCUT2D eigenvalue weighted by molar-refractivity contribution is 6.67. The fourth-order valence-electron chi connectivity index (χ4n) is 8.27. The van der Waals surface area contributed by atoms with E-state index in [2.05, 4.69) is 79.5 Å². The van der Waals surface area contributed by atoms with Crippen LogP contribution in [0.4, 0.5) is 34.6 Å². The first-order valence-electron chi connectivity index (χ1n) is 24.9. The third kappa shape index (κ3) is 16.0. The Morgan fingerprint density at radius 1 is 0.560 bits per heavy atom. The fourth-order valence-corrected chi connectivity index (χ4v) is 8.40. The quantitative estimate of drug-likeness (QED) is 0.0631. The van der Waals surface area contributed by atoms with Crippen molar-refractivity contribution in [2.75, 3.05) is 88.1 Å². The van der Waals surface area contributed by atoms with Gasteiger partial charge in [-0.05, 0) is 147 Å².